The number of hydrogen-bond acceptors (Lipinski definition) is 5. The molecule has 2 saturated heterocycles. The average Bonchev–Trinajstić information content (AvgIpc) is 3.31. The second kappa shape index (κ2) is 7.17. The lowest BCUT2D eigenvalue weighted by Gasteiger charge is -2.33. The maximum Gasteiger partial charge on any atom is 0.245 e. The van der Waals surface area contributed by atoms with Crippen LogP contribution in [0.5, 0.6) is 0 Å². The van der Waals surface area contributed by atoms with Gasteiger partial charge in [-0.15, -0.1) is 11.3 Å². The number of carbonyl (C=O) groups excluding carboxylic acids is 2. The second-order valence-electron chi connectivity index (χ2n) is 6.78. The molecule has 26 heavy (non-hydrogen) atoms. The summed E-state index contributed by atoms with van der Waals surface area (Å²) >= 11 is 1.62. The van der Waals surface area contributed by atoms with Gasteiger partial charge >= 0.3 is 0 Å². The van der Waals surface area contributed by atoms with Crippen LogP contribution in [0.2, 0.25) is 0 Å². The molecule has 7 heteroatoms. The van der Waals surface area contributed by atoms with Gasteiger partial charge in [0.2, 0.25) is 11.8 Å². The van der Waals surface area contributed by atoms with E-state index in [1.54, 1.807) is 16.2 Å². The smallest absolute Gasteiger partial charge is 0.245 e. The molecule has 1 aromatic heterocycles. The summed E-state index contributed by atoms with van der Waals surface area (Å²) in [4.78, 5) is 31.1. The highest BCUT2D eigenvalue weighted by Gasteiger charge is 2.45. The number of aromatic nitrogens is 1. The van der Waals surface area contributed by atoms with Crippen molar-refractivity contribution < 1.29 is 9.59 Å². The van der Waals surface area contributed by atoms with Crippen LogP contribution in [-0.2, 0) is 16.1 Å². The van der Waals surface area contributed by atoms with Crippen LogP contribution in [0.3, 0.4) is 0 Å². The summed E-state index contributed by atoms with van der Waals surface area (Å²) in [7, 11) is 0. The third kappa shape index (κ3) is 3.24. The summed E-state index contributed by atoms with van der Waals surface area (Å²) in [5, 5.41) is 9.37. The van der Waals surface area contributed by atoms with Crippen molar-refractivity contribution in [3.8, 4) is 11.3 Å². The highest BCUT2D eigenvalue weighted by Crippen LogP contribution is 2.25. The SMILES string of the molecule is CC[C@@H]1NC(=O)[C@@H]2C[C@H](NCc3nc(-c4ccccc4)cs3)CN2C1=O. The standard InChI is InChI=1S/C19H22N4O2S/c1-2-14-19(25)23-10-13(8-16(23)18(24)22-14)20-9-17-21-15(11-26-17)12-6-4-3-5-7-12/h3-7,11,13-14,16,20H,2,8-10H2,1H3,(H,22,24)/t13-,14-,16-/m0/s1. The van der Waals surface area contributed by atoms with Crippen molar-refractivity contribution in [2.45, 2.75) is 44.4 Å². The molecule has 0 bridgehead atoms. The van der Waals surface area contributed by atoms with Crippen molar-refractivity contribution in [1.82, 2.24) is 20.5 Å². The third-order valence-corrected chi connectivity index (χ3v) is 5.92. The lowest BCUT2D eigenvalue weighted by atomic mass is 10.1. The van der Waals surface area contributed by atoms with Gasteiger partial charge in [0, 0.05) is 30.1 Å². The lowest BCUT2D eigenvalue weighted by Crippen LogP contribution is -2.60. The molecular formula is C19H22N4O2S. The fourth-order valence-electron chi connectivity index (χ4n) is 3.65. The van der Waals surface area contributed by atoms with Crippen molar-refractivity contribution in [2.24, 2.45) is 0 Å². The van der Waals surface area contributed by atoms with Crippen molar-refractivity contribution >= 4 is 23.2 Å². The van der Waals surface area contributed by atoms with Gasteiger partial charge in [0.05, 0.1) is 5.69 Å². The van der Waals surface area contributed by atoms with Crippen LogP contribution in [-0.4, -0.2) is 46.4 Å². The summed E-state index contributed by atoms with van der Waals surface area (Å²) in [6, 6.07) is 9.52. The maximum atomic E-state index is 12.4. The highest BCUT2D eigenvalue weighted by atomic mass is 32.1. The van der Waals surface area contributed by atoms with E-state index in [2.05, 4.69) is 33.1 Å². The van der Waals surface area contributed by atoms with Gasteiger partial charge in [-0.05, 0) is 12.8 Å². The molecule has 0 saturated carbocycles. The van der Waals surface area contributed by atoms with E-state index in [0.717, 1.165) is 16.3 Å². The molecule has 2 fully saturated rings. The number of hydrogen-bond donors (Lipinski definition) is 2. The number of carbonyl (C=O) groups is 2. The Kier molecular flexibility index (Phi) is 4.74. The Balaban J connectivity index is 1.37. The van der Waals surface area contributed by atoms with Gasteiger partial charge in [0.25, 0.3) is 0 Å². The average molecular weight is 370 g/mol. The first-order valence-corrected chi connectivity index (χ1v) is 9.87. The number of fused-ring (bicyclic) bond motifs is 1. The molecule has 1 aromatic carbocycles. The monoisotopic (exact) mass is 370 g/mol. The van der Waals surface area contributed by atoms with Gasteiger partial charge in [0.1, 0.15) is 17.1 Å². The minimum atomic E-state index is -0.370. The molecule has 3 heterocycles. The molecule has 2 aliphatic rings. The number of thiazole rings is 1. The van der Waals surface area contributed by atoms with Crippen LogP contribution < -0.4 is 10.6 Å². The number of amides is 2. The molecular weight excluding hydrogens is 348 g/mol. The quantitative estimate of drug-likeness (QED) is 0.841. The summed E-state index contributed by atoms with van der Waals surface area (Å²) in [6.45, 7) is 3.15. The first-order chi connectivity index (χ1) is 12.7. The maximum absolute atomic E-state index is 12.4. The van der Waals surface area contributed by atoms with Gasteiger partial charge in [-0.25, -0.2) is 4.98 Å². The first-order valence-electron chi connectivity index (χ1n) is 8.99. The van der Waals surface area contributed by atoms with E-state index in [1.165, 1.54) is 0 Å². The van der Waals surface area contributed by atoms with Crippen LogP contribution in [0.25, 0.3) is 11.3 Å². The predicted octanol–water partition coefficient (Wildman–Crippen LogP) is 1.78. The molecule has 0 radical (unpaired) electrons. The van der Waals surface area contributed by atoms with Gasteiger partial charge in [-0.2, -0.15) is 0 Å². The molecule has 136 valence electrons. The van der Waals surface area contributed by atoms with Crippen LogP contribution >= 0.6 is 11.3 Å². The molecule has 0 unspecified atom stereocenters. The van der Waals surface area contributed by atoms with Gasteiger partial charge < -0.3 is 15.5 Å². The largest absolute Gasteiger partial charge is 0.343 e. The highest BCUT2D eigenvalue weighted by molar-refractivity contribution is 7.09. The van der Waals surface area contributed by atoms with E-state index in [1.807, 2.05) is 25.1 Å². The summed E-state index contributed by atoms with van der Waals surface area (Å²) < 4.78 is 0. The molecule has 2 amide bonds. The lowest BCUT2D eigenvalue weighted by molar-refractivity contribution is -0.147. The van der Waals surface area contributed by atoms with E-state index in [-0.39, 0.29) is 29.9 Å². The van der Waals surface area contributed by atoms with E-state index >= 15 is 0 Å². The van der Waals surface area contributed by atoms with Crippen molar-refractivity contribution in [3.63, 3.8) is 0 Å². The Labute approximate surface area is 156 Å². The Morgan fingerprint density at radius 1 is 1.31 bits per heavy atom. The Morgan fingerprint density at radius 3 is 2.88 bits per heavy atom. The summed E-state index contributed by atoms with van der Waals surface area (Å²) in [5.74, 6) is 0.0170. The van der Waals surface area contributed by atoms with Crippen molar-refractivity contribution in [3.05, 3.63) is 40.7 Å². The normalized spacial score (nSPS) is 25.3. The van der Waals surface area contributed by atoms with Gasteiger partial charge in [-0.1, -0.05) is 37.3 Å². The topological polar surface area (TPSA) is 74.3 Å². The van der Waals surface area contributed by atoms with Crippen LogP contribution in [0.1, 0.15) is 24.8 Å². The Bertz CT molecular complexity index is 807. The van der Waals surface area contributed by atoms with E-state index in [0.29, 0.717) is 25.9 Å². The summed E-state index contributed by atoms with van der Waals surface area (Å²) in [5.41, 5.74) is 2.09. The molecule has 6 nitrogen and oxygen atoms in total. The zero-order valence-corrected chi connectivity index (χ0v) is 15.5. The number of nitrogens with zero attached hydrogens (tertiary/aromatic N) is 2. The minimum Gasteiger partial charge on any atom is -0.343 e. The van der Waals surface area contributed by atoms with Crippen LogP contribution in [0.4, 0.5) is 0 Å². The second-order valence-corrected chi connectivity index (χ2v) is 7.72. The zero-order chi connectivity index (χ0) is 18.1. The zero-order valence-electron chi connectivity index (χ0n) is 14.6. The minimum absolute atomic E-state index is 0.0265. The van der Waals surface area contributed by atoms with Crippen molar-refractivity contribution in [1.29, 1.82) is 0 Å². The Hall–Kier alpha value is -2.25. The predicted molar refractivity (Wildman–Crippen MR) is 101 cm³/mol. The fourth-order valence-corrected chi connectivity index (χ4v) is 4.40. The van der Waals surface area contributed by atoms with Crippen molar-refractivity contribution in [2.75, 3.05) is 6.54 Å². The molecule has 4 rings (SSSR count). The summed E-state index contributed by atoms with van der Waals surface area (Å²) in [6.07, 6.45) is 1.29. The van der Waals surface area contributed by atoms with Gasteiger partial charge in [0.15, 0.2) is 0 Å². The molecule has 2 aliphatic heterocycles. The third-order valence-electron chi connectivity index (χ3n) is 5.07. The number of piperazine rings is 1. The Morgan fingerprint density at radius 2 is 2.12 bits per heavy atom. The van der Waals surface area contributed by atoms with E-state index < -0.39 is 0 Å². The number of benzene rings is 1. The van der Waals surface area contributed by atoms with Crippen LogP contribution in [0, 0.1) is 0 Å². The molecule has 2 N–H and O–H groups in total. The molecule has 2 aromatic rings. The van der Waals surface area contributed by atoms with E-state index in [9.17, 15) is 9.59 Å². The number of nitrogens with one attached hydrogen (secondary N) is 2. The molecule has 3 atom stereocenters. The van der Waals surface area contributed by atoms with E-state index in [4.69, 9.17) is 0 Å². The molecule has 0 aliphatic carbocycles. The fraction of sp³-hybridized carbons (Fsp3) is 0.421. The molecule has 0 spiro atoms. The van der Waals surface area contributed by atoms with Crippen LogP contribution in [0.15, 0.2) is 35.7 Å². The number of rotatable bonds is 5. The van der Waals surface area contributed by atoms with Gasteiger partial charge in [-0.3, -0.25) is 9.59 Å². The first kappa shape index (κ1) is 17.2.